The lowest BCUT2D eigenvalue weighted by molar-refractivity contribution is -0.393. The summed E-state index contributed by atoms with van der Waals surface area (Å²) in [5.74, 6) is 0. The molecule has 2 aromatic rings. The van der Waals surface area contributed by atoms with Gasteiger partial charge in [0.25, 0.3) is 5.69 Å². The maximum atomic E-state index is 11.1. The van der Waals surface area contributed by atoms with Gasteiger partial charge >= 0.3 is 5.69 Å². The minimum atomic E-state index is -0.685. The number of non-ortho nitro benzene ring substituents is 1. The summed E-state index contributed by atoms with van der Waals surface area (Å²) in [7, 11) is 0. The zero-order valence-corrected chi connectivity index (χ0v) is 13.0. The number of rotatable bonds is 7. The molecule has 0 saturated carbocycles. The van der Waals surface area contributed by atoms with Gasteiger partial charge in [0, 0.05) is 6.07 Å². The predicted molar refractivity (Wildman–Crippen MR) is 91.4 cm³/mol. The number of nitrogens with one attached hydrogen (secondary N) is 1. The van der Waals surface area contributed by atoms with E-state index in [1.165, 1.54) is 12.1 Å². The molecule has 0 amide bonds. The molecular weight excluding hydrogens is 312 g/mol. The molecule has 0 saturated heterocycles. The van der Waals surface area contributed by atoms with Crippen molar-refractivity contribution in [3.63, 3.8) is 0 Å². The van der Waals surface area contributed by atoms with E-state index in [2.05, 4.69) is 17.5 Å². The normalized spacial score (nSPS) is 10.7. The molecule has 0 radical (unpaired) electrons. The second-order valence-corrected chi connectivity index (χ2v) is 5.03. The largest absolute Gasteiger partial charge is 0.301 e. The maximum absolute atomic E-state index is 11.1. The van der Waals surface area contributed by atoms with Crippen LogP contribution in [0.5, 0.6) is 0 Å². The van der Waals surface area contributed by atoms with E-state index in [9.17, 15) is 20.2 Å². The van der Waals surface area contributed by atoms with Crippen molar-refractivity contribution in [3.05, 3.63) is 73.8 Å². The highest BCUT2D eigenvalue weighted by molar-refractivity contribution is 5.82. The molecule has 0 atom stereocenters. The Bertz CT molecular complexity index is 789. The van der Waals surface area contributed by atoms with E-state index >= 15 is 0 Å². The number of anilines is 1. The highest BCUT2D eigenvalue weighted by Gasteiger charge is 2.19. The molecule has 0 unspecified atom stereocenters. The molecule has 0 aliphatic rings. The number of hydrogen-bond acceptors (Lipinski definition) is 6. The van der Waals surface area contributed by atoms with E-state index in [0.29, 0.717) is 0 Å². The van der Waals surface area contributed by atoms with Crippen LogP contribution in [-0.2, 0) is 6.42 Å². The summed E-state index contributed by atoms with van der Waals surface area (Å²) in [6.45, 7) is 2.08. The zero-order chi connectivity index (χ0) is 17.5. The van der Waals surface area contributed by atoms with Crippen LogP contribution in [0.1, 0.15) is 24.5 Å². The molecule has 0 aliphatic carbocycles. The van der Waals surface area contributed by atoms with Gasteiger partial charge in [-0.1, -0.05) is 37.6 Å². The van der Waals surface area contributed by atoms with Crippen molar-refractivity contribution in [2.24, 2.45) is 5.10 Å². The summed E-state index contributed by atoms with van der Waals surface area (Å²) in [6.07, 6.45) is 3.47. The summed E-state index contributed by atoms with van der Waals surface area (Å²) in [5.41, 5.74) is 3.98. The Balaban J connectivity index is 2.23. The van der Waals surface area contributed by atoms with Gasteiger partial charge < -0.3 is 0 Å². The van der Waals surface area contributed by atoms with Crippen molar-refractivity contribution in [1.82, 2.24) is 0 Å². The number of nitro groups is 2. The van der Waals surface area contributed by atoms with Crippen LogP contribution in [0.3, 0.4) is 0 Å². The van der Waals surface area contributed by atoms with Gasteiger partial charge in [-0.25, -0.2) is 0 Å². The standard InChI is InChI=1S/C16H16N4O4/c1-2-5-12-6-3-4-7-13(12)11-17-18-15-9-8-14(19(21)22)10-16(15)20(23)24/h3-4,6-11,18H,2,5H2,1H3. The minimum Gasteiger partial charge on any atom is -0.272 e. The van der Waals surface area contributed by atoms with Gasteiger partial charge in [-0.3, -0.25) is 25.7 Å². The third-order valence-electron chi connectivity index (χ3n) is 3.35. The first-order chi connectivity index (χ1) is 11.5. The van der Waals surface area contributed by atoms with Gasteiger partial charge in [0.05, 0.1) is 22.1 Å². The molecule has 124 valence electrons. The molecule has 8 heteroatoms. The maximum Gasteiger partial charge on any atom is 0.301 e. The predicted octanol–water partition coefficient (Wildman–Crippen LogP) is 3.90. The van der Waals surface area contributed by atoms with E-state index in [1.54, 1.807) is 6.21 Å². The van der Waals surface area contributed by atoms with E-state index in [0.717, 1.165) is 30.0 Å². The Morgan fingerprint density at radius 2 is 1.88 bits per heavy atom. The molecule has 0 spiro atoms. The summed E-state index contributed by atoms with van der Waals surface area (Å²) in [5, 5.41) is 25.8. The quantitative estimate of drug-likeness (QED) is 0.470. The lowest BCUT2D eigenvalue weighted by Crippen LogP contribution is -1.99. The lowest BCUT2D eigenvalue weighted by Gasteiger charge is -2.04. The Morgan fingerprint density at radius 1 is 1.12 bits per heavy atom. The SMILES string of the molecule is CCCc1ccccc1C=NNc1ccc([N+](=O)[O-])cc1[N+](=O)[O-]. The van der Waals surface area contributed by atoms with E-state index in [-0.39, 0.29) is 11.4 Å². The summed E-state index contributed by atoms with van der Waals surface area (Å²) >= 11 is 0. The Morgan fingerprint density at radius 3 is 2.54 bits per heavy atom. The van der Waals surface area contributed by atoms with Crippen LogP contribution in [-0.4, -0.2) is 16.1 Å². The van der Waals surface area contributed by atoms with Crippen molar-refractivity contribution in [2.75, 3.05) is 5.43 Å². The van der Waals surface area contributed by atoms with Crippen molar-refractivity contribution < 1.29 is 9.85 Å². The van der Waals surface area contributed by atoms with Gasteiger partial charge in [-0.05, 0) is 23.6 Å². The molecule has 0 bridgehead atoms. The Kier molecular flexibility index (Phi) is 5.56. The van der Waals surface area contributed by atoms with Gasteiger partial charge in [0.15, 0.2) is 0 Å². The molecule has 0 fully saturated rings. The second kappa shape index (κ2) is 7.82. The van der Waals surface area contributed by atoms with E-state index < -0.39 is 15.5 Å². The average Bonchev–Trinajstić information content (AvgIpc) is 2.56. The molecule has 8 nitrogen and oxygen atoms in total. The van der Waals surface area contributed by atoms with Crippen LogP contribution >= 0.6 is 0 Å². The second-order valence-electron chi connectivity index (χ2n) is 5.03. The molecule has 2 rings (SSSR count). The van der Waals surface area contributed by atoms with Gasteiger partial charge in [0.2, 0.25) is 0 Å². The van der Waals surface area contributed by atoms with Crippen LogP contribution in [0, 0.1) is 20.2 Å². The lowest BCUT2D eigenvalue weighted by atomic mass is 10.0. The molecule has 0 aromatic heterocycles. The average molecular weight is 328 g/mol. The highest BCUT2D eigenvalue weighted by atomic mass is 16.6. The van der Waals surface area contributed by atoms with Crippen LogP contribution < -0.4 is 5.43 Å². The van der Waals surface area contributed by atoms with Gasteiger partial charge in [-0.2, -0.15) is 5.10 Å². The van der Waals surface area contributed by atoms with Crippen LogP contribution in [0.2, 0.25) is 0 Å². The fourth-order valence-corrected chi connectivity index (χ4v) is 2.21. The minimum absolute atomic E-state index is 0.0924. The van der Waals surface area contributed by atoms with E-state index in [1.807, 2.05) is 24.3 Å². The van der Waals surface area contributed by atoms with Crippen molar-refractivity contribution in [2.45, 2.75) is 19.8 Å². The van der Waals surface area contributed by atoms with Crippen molar-refractivity contribution in [1.29, 1.82) is 0 Å². The number of nitro benzene ring substituents is 2. The molecule has 24 heavy (non-hydrogen) atoms. The zero-order valence-electron chi connectivity index (χ0n) is 13.0. The highest BCUT2D eigenvalue weighted by Crippen LogP contribution is 2.28. The van der Waals surface area contributed by atoms with Crippen LogP contribution in [0.15, 0.2) is 47.6 Å². The summed E-state index contributed by atoms with van der Waals surface area (Å²) in [6, 6.07) is 11.1. The third kappa shape index (κ3) is 4.13. The Labute approximate surface area is 138 Å². The molecule has 2 aromatic carbocycles. The number of nitrogens with zero attached hydrogens (tertiary/aromatic N) is 3. The number of hydrazone groups is 1. The summed E-state index contributed by atoms with van der Waals surface area (Å²) < 4.78 is 0. The van der Waals surface area contributed by atoms with Crippen LogP contribution in [0.25, 0.3) is 0 Å². The first kappa shape index (κ1) is 17.1. The molecular formula is C16H16N4O4. The summed E-state index contributed by atoms with van der Waals surface area (Å²) in [4.78, 5) is 20.4. The van der Waals surface area contributed by atoms with Gasteiger partial charge in [0.1, 0.15) is 5.69 Å². The fourth-order valence-electron chi connectivity index (χ4n) is 2.21. The van der Waals surface area contributed by atoms with Crippen LogP contribution in [0.4, 0.5) is 17.1 Å². The first-order valence-electron chi connectivity index (χ1n) is 7.32. The van der Waals surface area contributed by atoms with Crippen molar-refractivity contribution >= 4 is 23.3 Å². The van der Waals surface area contributed by atoms with Gasteiger partial charge in [-0.15, -0.1) is 0 Å². The third-order valence-corrected chi connectivity index (χ3v) is 3.35. The molecule has 1 N–H and O–H groups in total. The number of benzene rings is 2. The topological polar surface area (TPSA) is 111 Å². The number of hydrogen-bond donors (Lipinski definition) is 1. The first-order valence-corrected chi connectivity index (χ1v) is 7.32. The fraction of sp³-hybridized carbons (Fsp3) is 0.188. The van der Waals surface area contributed by atoms with Crippen molar-refractivity contribution in [3.8, 4) is 0 Å². The number of aryl methyl sites for hydroxylation is 1. The Hall–Kier alpha value is -3.29. The molecule has 0 heterocycles. The van der Waals surface area contributed by atoms with E-state index in [4.69, 9.17) is 0 Å². The smallest absolute Gasteiger partial charge is 0.272 e. The molecule has 0 aliphatic heterocycles. The monoisotopic (exact) mass is 328 g/mol.